The Morgan fingerprint density at radius 1 is 0.952 bits per heavy atom. The van der Waals surface area contributed by atoms with E-state index in [2.05, 4.69) is 5.32 Å². The van der Waals surface area contributed by atoms with E-state index in [0.29, 0.717) is 22.7 Å². The number of nitrogens with zero attached hydrogens (tertiary/aromatic N) is 2. The Bertz CT molecular complexity index is 1470. The zero-order chi connectivity index (χ0) is 30.3. The molecule has 0 aromatic heterocycles. The third-order valence-corrected chi connectivity index (χ3v) is 9.86. The Labute approximate surface area is 254 Å². The second-order valence-corrected chi connectivity index (χ2v) is 13.3. The van der Waals surface area contributed by atoms with Crippen LogP contribution in [0.4, 0.5) is 5.69 Å². The van der Waals surface area contributed by atoms with E-state index in [1.807, 2.05) is 38.1 Å². The monoisotopic (exact) mass is 609 g/mol. The first-order valence-electron chi connectivity index (χ1n) is 14.6. The van der Waals surface area contributed by atoms with Crippen molar-refractivity contribution in [2.45, 2.75) is 82.8 Å². The highest BCUT2D eigenvalue weighted by atomic mass is 35.5. The van der Waals surface area contributed by atoms with Gasteiger partial charge in [-0.15, -0.1) is 0 Å². The molecule has 1 aliphatic carbocycles. The van der Waals surface area contributed by atoms with Crippen molar-refractivity contribution in [1.82, 2.24) is 10.2 Å². The molecule has 224 valence electrons. The summed E-state index contributed by atoms with van der Waals surface area (Å²) >= 11 is 6.20. The largest absolute Gasteiger partial charge is 0.352 e. The number of anilines is 1. The number of sulfonamides is 1. The molecule has 1 fully saturated rings. The lowest BCUT2D eigenvalue weighted by Crippen LogP contribution is -2.54. The lowest BCUT2D eigenvalue weighted by Gasteiger charge is -2.34. The van der Waals surface area contributed by atoms with E-state index in [1.165, 1.54) is 17.0 Å². The zero-order valence-electron chi connectivity index (χ0n) is 24.6. The lowest BCUT2D eigenvalue weighted by atomic mass is 9.95. The van der Waals surface area contributed by atoms with Crippen LogP contribution in [-0.2, 0) is 26.2 Å². The van der Waals surface area contributed by atoms with Crippen LogP contribution in [0.1, 0.15) is 62.1 Å². The van der Waals surface area contributed by atoms with Gasteiger partial charge in [-0.05, 0) is 74.6 Å². The molecule has 7 nitrogen and oxygen atoms in total. The average molecular weight is 610 g/mol. The van der Waals surface area contributed by atoms with Gasteiger partial charge in [0.05, 0.1) is 10.6 Å². The van der Waals surface area contributed by atoms with E-state index >= 15 is 0 Å². The van der Waals surface area contributed by atoms with E-state index in [4.69, 9.17) is 11.6 Å². The molecule has 0 radical (unpaired) electrons. The molecule has 0 bridgehead atoms. The first kappa shape index (κ1) is 31.6. The molecule has 3 aromatic rings. The number of nitrogens with one attached hydrogen (secondary N) is 1. The fraction of sp³-hybridized carbons (Fsp3) is 0.394. The van der Waals surface area contributed by atoms with Crippen LogP contribution in [0, 0.1) is 13.8 Å². The molecule has 9 heteroatoms. The molecule has 1 atom stereocenters. The summed E-state index contributed by atoms with van der Waals surface area (Å²) in [6.07, 6.45) is 5.54. The first-order valence-corrected chi connectivity index (χ1v) is 16.4. The summed E-state index contributed by atoms with van der Waals surface area (Å²) in [5, 5.41) is 3.64. The topological polar surface area (TPSA) is 86.8 Å². The molecule has 0 heterocycles. The van der Waals surface area contributed by atoms with Crippen LogP contribution in [0.25, 0.3) is 0 Å². The third kappa shape index (κ3) is 7.72. The second-order valence-electron chi connectivity index (χ2n) is 11.0. The van der Waals surface area contributed by atoms with Gasteiger partial charge in [0.15, 0.2) is 0 Å². The van der Waals surface area contributed by atoms with E-state index in [9.17, 15) is 18.0 Å². The minimum absolute atomic E-state index is 0.0688. The summed E-state index contributed by atoms with van der Waals surface area (Å²) in [6.45, 7) is 5.32. The summed E-state index contributed by atoms with van der Waals surface area (Å²) < 4.78 is 29.1. The molecule has 42 heavy (non-hydrogen) atoms. The van der Waals surface area contributed by atoms with Gasteiger partial charge < -0.3 is 10.2 Å². The quantitative estimate of drug-likeness (QED) is 0.272. The Kier molecular flexibility index (Phi) is 10.7. The third-order valence-electron chi connectivity index (χ3n) is 7.85. The van der Waals surface area contributed by atoms with Crippen molar-refractivity contribution < 1.29 is 18.0 Å². The molecule has 0 spiro atoms. The number of hydrogen-bond donors (Lipinski definition) is 1. The highest BCUT2D eigenvalue weighted by molar-refractivity contribution is 7.92. The summed E-state index contributed by atoms with van der Waals surface area (Å²) in [6, 6.07) is 20.1. The first-order chi connectivity index (χ1) is 20.1. The standard InChI is InChI=1S/C33H40ClN3O4S/c1-4-30(33(39)35-28-11-7-5-8-12-28)36(22-26-17-15-24(2)16-18-26)32(38)23-37(31-20-19-27(34)21-25(31)3)42(40,41)29-13-9-6-10-14-29/h6,9-10,13-21,28,30H,4-5,7-8,11-12,22-23H2,1-3H3,(H,35,39). The number of benzene rings is 3. The summed E-state index contributed by atoms with van der Waals surface area (Å²) in [7, 11) is -4.13. The molecule has 1 saturated carbocycles. The van der Waals surface area contributed by atoms with Gasteiger partial charge in [-0.3, -0.25) is 13.9 Å². The van der Waals surface area contributed by atoms with Gasteiger partial charge in [-0.2, -0.15) is 0 Å². The molecular formula is C33H40ClN3O4S. The fourth-order valence-corrected chi connectivity index (χ4v) is 7.21. The van der Waals surface area contributed by atoms with Crippen LogP contribution in [-0.4, -0.2) is 43.8 Å². The van der Waals surface area contributed by atoms with E-state index in [-0.39, 0.29) is 23.4 Å². The number of aryl methyl sites for hydroxylation is 2. The minimum Gasteiger partial charge on any atom is -0.352 e. The highest BCUT2D eigenvalue weighted by Gasteiger charge is 2.34. The lowest BCUT2D eigenvalue weighted by molar-refractivity contribution is -0.140. The van der Waals surface area contributed by atoms with Gasteiger partial charge in [0.25, 0.3) is 10.0 Å². The van der Waals surface area contributed by atoms with E-state index < -0.39 is 28.5 Å². The van der Waals surface area contributed by atoms with Crippen LogP contribution >= 0.6 is 11.6 Å². The summed E-state index contributed by atoms with van der Waals surface area (Å²) in [4.78, 5) is 29.5. The molecule has 1 N–H and O–H groups in total. The van der Waals surface area contributed by atoms with Gasteiger partial charge in [0, 0.05) is 17.6 Å². The van der Waals surface area contributed by atoms with Crippen LogP contribution in [0.15, 0.2) is 77.7 Å². The SMILES string of the molecule is CCC(C(=O)NC1CCCCC1)N(Cc1ccc(C)cc1)C(=O)CN(c1ccc(Cl)cc1C)S(=O)(=O)c1ccccc1. The highest BCUT2D eigenvalue weighted by Crippen LogP contribution is 2.29. The molecule has 3 aromatic carbocycles. The minimum atomic E-state index is -4.13. The Morgan fingerprint density at radius 2 is 1.62 bits per heavy atom. The van der Waals surface area contributed by atoms with Crippen molar-refractivity contribution in [2.75, 3.05) is 10.8 Å². The fourth-order valence-electron chi connectivity index (χ4n) is 5.49. The van der Waals surface area contributed by atoms with Crippen molar-refractivity contribution in [3.63, 3.8) is 0 Å². The zero-order valence-corrected chi connectivity index (χ0v) is 26.1. The van der Waals surface area contributed by atoms with Crippen LogP contribution in [0.5, 0.6) is 0 Å². The molecule has 4 rings (SSSR count). The predicted molar refractivity (Wildman–Crippen MR) is 168 cm³/mol. The van der Waals surface area contributed by atoms with Crippen LogP contribution in [0.3, 0.4) is 0 Å². The number of halogens is 1. The van der Waals surface area contributed by atoms with Gasteiger partial charge in [0.1, 0.15) is 12.6 Å². The van der Waals surface area contributed by atoms with Gasteiger partial charge >= 0.3 is 0 Å². The maximum absolute atomic E-state index is 14.3. The smallest absolute Gasteiger partial charge is 0.264 e. The van der Waals surface area contributed by atoms with Crippen molar-refractivity contribution >= 4 is 39.1 Å². The summed E-state index contributed by atoms with van der Waals surface area (Å²) in [5.74, 6) is -0.667. The number of carbonyl (C=O) groups is 2. The number of rotatable bonds is 11. The number of carbonyl (C=O) groups excluding carboxylic acids is 2. The maximum atomic E-state index is 14.3. The number of hydrogen-bond acceptors (Lipinski definition) is 4. The maximum Gasteiger partial charge on any atom is 0.264 e. The van der Waals surface area contributed by atoms with Gasteiger partial charge in [-0.25, -0.2) is 8.42 Å². The molecule has 2 amide bonds. The Morgan fingerprint density at radius 3 is 2.24 bits per heavy atom. The van der Waals surface area contributed by atoms with Crippen molar-refractivity contribution in [3.05, 3.63) is 94.5 Å². The molecule has 1 aliphatic rings. The molecule has 0 aliphatic heterocycles. The predicted octanol–water partition coefficient (Wildman–Crippen LogP) is 6.41. The van der Waals surface area contributed by atoms with Gasteiger partial charge in [-0.1, -0.05) is 85.8 Å². The Balaban J connectivity index is 1.72. The van der Waals surface area contributed by atoms with Crippen molar-refractivity contribution in [3.8, 4) is 0 Å². The van der Waals surface area contributed by atoms with Gasteiger partial charge in [0.2, 0.25) is 11.8 Å². The van der Waals surface area contributed by atoms with E-state index in [1.54, 1.807) is 43.3 Å². The van der Waals surface area contributed by atoms with E-state index in [0.717, 1.165) is 47.5 Å². The molecule has 0 saturated heterocycles. The van der Waals surface area contributed by atoms with Crippen LogP contribution < -0.4 is 9.62 Å². The number of amides is 2. The Hall–Kier alpha value is -3.36. The van der Waals surface area contributed by atoms with Crippen molar-refractivity contribution in [1.29, 1.82) is 0 Å². The molecule has 1 unspecified atom stereocenters. The average Bonchev–Trinajstić information content (AvgIpc) is 2.98. The summed E-state index contributed by atoms with van der Waals surface area (Å²) in [5.41, 5.74) is 2.91. The molecular weight excluding hydrogens is 570 g/mol. The van der Waals surface area contributed by atoms with Crippen molar-refractivity contribution in [2.24, 2.45) is 0 Å². The second kappa shape index (κ2) is 14.2. The van der Waals surface area contributed by atoms with Crippen LogP contribution in [0.2, 0.25) is 5.02 Å². The normalized spacial score (nSPS) is 14.7.